The number of anilines is 3. The molecule has 0 aliphatic carbocycles. The lowest BCUT2D eigenvalue weighted by molar-refractivity contribution is 0.575. The van der Waals surface area contributed by atoms with Crippen LogP contribution in [0.3, 0.4) is 0 Å². The van der Waals surface area contributed by atoms with Gasteiger partial charge in [0.15, 0.2) is 5.82 Å². The van der Waals surface area contributed by atoms with Crippen molar-refractivity contribution in [2.75, 3.05) is 4.90 Å². The molecule has 0 saturated carbocycles. The van der Waals surface area contributed by atoms with Crippen LogP contribution in [0, 0.1) is 34.3 Å². The molecule has 3 aromatic carbocycles. The van der Waals surface area contributed by atoms with Crippen molar-refractivity contribution < 1.29 is 8.78 Å². The second kappa shape index (κ2) is 6.82. The zero-order valence-corrected chi connectivity index (χ0v) is 12.9. The van der Waals surface area contributed by atoms with Gasteiger partial charge < -0.3 is 4.90 Å². The Balaban J connectivity index is 2.33. The summed E-state index contributed by atoms with van der Waals surface area (Å²) >= 11 is 0. The fraction of sp³-hybridized carbons (Fsp3) is 0. The molecule has 0 fully saturated rings. The number of hydrogen-bond acceptors (Lipinski definition) is 3. The molecule has 0 amide bonds. The minimum atomic E-state index is -1.16. The third kappa shape index (κ3) is 2.91. The van der Waals surface area contributed by atoms with Crippen molar-refractivity contribution in [1.82, 2.24) is 0 Å². The van der Waals surface area contributed by atoms with Gasteiger partial charge in [-0.3, -0.25) is 0 Å². The van der Waals surface area contributed by atoms with Crippen LogP contribution in [0.4, 0.5) is 25.8 Å². The number of para-hydroxylation sites is 2. The number of benzene rings is 3. The number of nitriles is 2. The number of rotatable bonds is 3. The van der Waals surface area contributed by atoms with Gasteiger partial charge in [0, 0.05) is 17.4 Å². The van der Waals surface area contributed by atoms with Crippen LogP contribution in [0.25, 0.3) is 0 Å². The lowest BCUT2D eigenvalue weighted by Crippen LogP contribution is -2.13. The van der Waals surface area contributed by atoms with Crippen molar-refractivity contribution in [1.29, 1.82) is 10.5 Å². The summed E-state index contributed by atoms with van der Waals surface area (Å²) in [5.74, 6) is -2.16. The van der Waals surface area contributed by atoms with E-state index in [9.17, 15) is 14.0 Å². The van der Waals surface area contributed by atoms with Crippen molar-refractivity contribution >= 4 is 17.1 Å². The van der Waals surface area contributed by atoms with Crippen molar-refractivity contribution in [2.24, 2.45) is 0 Å². The monoisotopic (exact) mass is 331 g/mol. The normalized spacial score (nSPS) is 9.92. The van der Waals surface area contributed by atoms with Gasteiger partial charge >= 0.3 is 0 Å². The topological polar surface area (TPSA) is 50.8 Å². The first-order chi connectivity index (χ1) is 12.2. The van der Waals surface area contributed by atoms with E-state index in [1.165, 1.54) is 6.07 Å². The van der Waals surface area contributed by atoms with E-state index >= 15 is 0 Å². The van der Waals surface area contributed by atoms with Crippen molar-refractivity contribution in [3.8, 4) is 12.1 Å². The van der Waals surface area contributed by atoms with Gasteiger partial charge in [-0.05, 0) is 24.3 Å². The van der Waals surface area contributed by atoms with E-state index in [0.29, 0.717) is 11.4 Å². The van der Waals surface area contributed by atoms with E-state index < -0.39 is 17.2 Å². The number of halogens is 2. The average molecular weight is 331 g/mol. The molecule has 3 rings (SSSR count). The lowest BCUT2D eigenvalue weighted by atomic mass is 10.1. The third-order valence-corrected chi connectivity index (χ3v) is 3.69. The minimum Gasteiger partial charge on any atom is -0.309 e. The second-order valence-corrected chi connectivity index (χ2v) is 5.17. The van der Waals surface area contributed by atoms with Crippen LogP contribution in [0.2, 0.25) is 0 Å². The molecule has 0 aliphatic heterocycles. The van der Waals surface area contributed by atoms with E-state index in [1.807, 2.05) is 12.1 Å². The molecule has 5 heteroatoms. The van der Waals surface area contributed by atoms with Crippen LogP contribution in [0.1, 0.15) is 11.1 Å². The Morgan fingerprint density at radius 1 is 0.720 bits per heavy atom. The molecule has 0 unspecified atom stereocenters. The molecule has 0 spiro atoms. The molecule has 0 bridgehead atoms. The molecule has 3 aromatic rings. The van der Waals surface area contributed by atoms with Gasteiger partial charge in [-0.1, -0.05) is 36.4 Å². The minimum absolute atomic E-state index is 0.0360. The Morgan fingerprint density at radius 2 is 1.20 bits per heavy atom. The number of hydrogen-bond donors (Lipinski definition) is 0. The van der Waals surface area contributed by atoms with E-state index in [1.54, 1.807) is 59.5 Å². The molecule has 25 heavy (non-hydrogen) atoms. The molecule has 0 atom stereocenters. The van der Waals surface area contributed by atoms with Gasteiger partial charge in [0.25, 0.3) is 0 Å². The SMILES string of the molecule is N#Cc1c(F)cc(N(c2ccccc2)c2ccccc2)c(C#N)c1F. The maximum absolute atomic E-state index is 14.5. The van der Waals surface area contributed by atoms with E-state index in [0.717, 1.165) is 6.07 Å². The highest BCUT2D eigenvalue weighted by atomic mass is 19.1. The zero-order chi connectivity index (χ0) is 17.8. The molecule has 0 saturated heterocycles. The standard InChI is InChI=1S/C20H11F2N3/c21-18-11-19(17(13-24)20(22)16(18)12-23)25(14-7-3-1-4-8-14)15-9-5-2-6-10-15/h1-11H. The Labute approximate surface area is 143 Å². The van der Waals surface area contributed by atoms with Crippen LogP contribution >= 0.6 is 0 Å². The summed E-state index contributed by atoms with van der Waals surface area (Å²) in [6.45, 7) is 0. The summed E-state index contributed by atoms with van der Waals surface area (Å²) in [4.78, 5) is 1.58. The Hall–Kier alpha value is -3.70. The van der Waals surface area contributed by atoms with Crippen molar-refractivity contribution in [3.63, 3.8) is 0 Å². The molecular formula is C20H11F2N3. The summed E-state index contributed by atoms with van der Waals surface area (Å²) < 4.78 is 28.7. The Kier molecular flexibility index (Phi) is 4.41. The summed E-state index contributed by atoms with van der Waals surface area (Å²) in [6.07, 6.45) is 0. The third-order valence-electron chi connectivity index (χ3n) is 3.69. The van der Waals surface area contributed by atoms with Crippen LogP contribution < -0.4 is 4.90 Å². The highest BCUT2D eigenvalue weighted by molar-refractivity contribution is 5.80. The fourth-order valence-corrected chi connectivity index (χ4v) is 2.57. The van der Waals surface area contributed by atoms with Gasteiger partial charge in [0.2, 0.25) is 0 Å². The Morgan fingerprint density at radius 3 is 1.64 bits per heavy atom. The smallest absolute Gasteiger partial charge is 0.163 e. The summed E-state index contributed by atoms with van der Waals surface area (Å²) in [7, 11) is 0. The van der Waals surface area contributed by atoms with Gasteiger partial charge in [-0.25, -0.2) is 8.78 Å². The second-order valence-electron chi connectivity index (χ2n) is 5.17. The van der Waals surface area contributed by atoms with Crippen LogP contribution in [0.15, 0.2) is 66.7 Å². The first-order valence-corrected chi connectivity index (χ1v) is 7.39. The van der Waals surface area contributed by atoms with Crippen LogP contribution in [0.5, 0.6) is 0 Å². The van der Waals surface area contributed by atoms with Gasteiger partial charge in [0.05, 0.1) is 5.69 Å². The number of nitrogens with zero attached hydrogens (tertiary/aromatic N) is 3. The van der Waals surface area contributed by atoms with Crippen molar-refractivity contribution in [3.05, 3.63) is 89.5 Å². The predicted molar refractivity (Wildman–Crippen MR) is 90.5 cm³/mol. The maximum Gasteiger partial charge on any atom is 0.163 e. The maximum atomic E-state index is 14.5. The highest BCUT2D eigenvalue weighted by Crippen LogP contribution is 2.38. The summed E-state index contributed by atoms with van der Waals surface area (Å²) in [5, 5.41) is 18.3. The summed E-state index contributed by atoms with van der Waals surface area (Å²) in [5.41, 5.74) is 0.156. The molecule has 0 aromatic heterocycles. The quantitative estimate of drug-likeness (QED) is 0.664. The molecule has 120 valence electrons. The highest BCUT2D eigenvalue weighted by Gasteiger charge is 2.24. The van der Waals surface area contributed by atoms with E-state index in [2.05, 4.69) is 0 Å². The van der Waals surface area contributed by atoms with Crippen LogP contribution in [-0.2, 0) is 0 Å². The first-order valence-electron chi connectivity index (χ1n) is 7.39. The molecule has 0 N–H and O–H groups in total. The zero-order valence-electron chi connectivity index (χ0n) is 12.9. The van der Waals surface area contributed by atoms with Gasteiger partial charge in [-0.2, -0.15) is 10.5 Å². The largest absolute Gasteiger partial charge is 0.309 e. The van der Waals surface area contributed by atoms with Gasteiger partial charge in [0.1, 0.15) is 29.1 Å². The van der Waals surface area contributed by atoms with E-state index in [-0.39, 0.29) is 11.3 Å². The fourth-order valence-electron chi connectivity index (χ4n) is 2.57. The average Bonchev–Trinajstić information content (AvgIpc) is 2.64. The van der Waals surface area contributed by atoms with Crippen molar-refractivity contribution in [2.45, 2.75) is 0 Å². The predicted octanol–water partition coefficient (Wildman–Crippen LogP) is 5.18. The first kappa shape index (κ1) is 16.2. The van der Waals surface area contributed by atoms with Gasteiger partial charge in [-0.15, -0.1) is 0 Å². The summed E-state index contributed by atoms with van der Waals surface area (Å²) in [6, 6.07) is 22.1. The van der Waals surface area contributed by atoms with E-state index in [4.69, 9.17) is 5.26 Å². The molecule has 0 aliphatic rings. The molecule has 3 nitrogen and oxygen atoms in total. The Bertz CT molecular complexity index is 948. The lowest BCUT2D eigenvalue weighted by Gasteiger charge is -2.26. The molecule has 0 radical (unpaired) electrons. The molecular weight excluding hydrogens is 320 g/mol. The van der Waals surface area contributed by atoms with Crippen LogP contribution in [-0.4, -0.2) is 0 Å². The molecule has 0 heterocycles.